The number of hydrogen-bond donors (Lipinski definition) is 1. The maximum Gasteiger partial charge on any atom is 0.241 e. The summed E-state index contributed by atoms with van der Waals surface area (Å²) in [6, 6.07) is 20.6. The van der Waals surface area contributed by atoms with Gasteiger partial charge in [0.15, 0.2) is 0 Å². The van der Waals surface area contributed by atoms with Crippen LogP contribution in [0.4, 0.5) is 5.69 Å². The first-order valence-corrected chi connectivity index (χ1v) is 10.9. The minimum atomic E-state index is -3.80. The zero-order valence-corrected chi connectivity index (χ0v) is 16.5. The molecule has 4 rings (SSSR count). The van der Waals surface area contributed by atoms with Crippen molar-refractivity contribution < 1.29 is 13.2 Å². The van der Waals surface area contributed by atoms with Gasteiger partial charge in [-0.05, 0) is 48.4 Å². The summed E-state index contributed by atoms with van der Waals surface area (Å²) < 4.78 is 28.9. The van der Waals surface area contributed by atoms with Crippen LogP contribution in [0.15, 0.2) is 83.9 Å². The van der Waals surface area contributed by atoms with Gasteiger partial charge in [-0.25, -0.2) is 8.42 Å². The monoisotopic (exact) mass is 407 g/mol. The molecule has 6 nitrogen and oxygen atoms in total. The van der Waals surface area contributed by atoms with Crippen molar-refractivity contribution >= 4 is 21.6 Å². The lowest BCUT2D eigenvalue weighted by molar-refractivity contribution is -0.117. The van der Waals surface area contributed by atoms with Gasteiger partial charge in [-0.2, -0.15) is 4.72 Å². The van der Waals surface area contributed by atoms with Crippen LogP contribution in [0, 0.1) is 0 Å². The second kappa shape index (κ2) is 8.14. The molecular weight excluding hydrogens is 386 g/mol. The minimum Gasteiger partial charge on any atom is -0.312 e. The van der Waals surface area contributed by atoms with Gasteiger partial charge in [0.05, 0.1) is 16.6 Å². The van der Waals surface area contributed by atoms with Crippen LogP contribution in [0.1, 0.15) is 30.1 Å². The minimum absolute atomic E-state index is 0.0676. The summed E-state index contributed by atoms with van der Waals surface area (Å²) in [7, 11) is -3.80. The van der Waals surface area contributed by atoms with Gasteiger partial charge in [0, 0.05) is 24.8 Å². The van der Waals surface area contributed by atoms with E-state index in [-0.39, 0.29) is 10.8 Å². The molecule has 1 atom stereocenters. The standard InChI is InChI=1S/C22H21N3O3S/c26-21-10-6-16-25(21)18-11-13-19(14-12-18)29(27,28)24-22(17-7-2-1-3-8-17)20-9-4-5-15-23-20/h1-5,7-9,11-15,22,24H,6,10,16H2. The maximum absolute atomic E-state index is 13.1. The van der Waals surface area contributed by atoms with Crippen molar-refractivity contribution in [3.8, 4) is 0 Å². The molecule has 0 radical (unpaired) electrons. The molecule has 29 heavy (non-hydrogen) atoms. The Hall–Kier alpha value is -3.03. The van der Waals surface area contributed by atoms with Crippen molar-refractivity contribution in [1.82, 2.24) is 9.71 Å². The molecule has 1 aliphatic rings. The first kappa shape index (κ1) is 19.3. The third kappa shape index (κ3) is 4.21. The molecule has 1 amide bonds. The molecule has 0 saturated carbocycles. The average molecular weight is 407 g/mol. The van der Waals surface area contributed by atoms with Gasteiger partial charge in [-0.3, -0.25) is 9.78 Å². The van der Waals surface area contributed by atoms with Gasteiger partial charge >= 0.3 is 0 Å². The number of sulfonamides is 1. The van der Waals surface area contributed by atoms with E-state index < -0.39 is 16.1 Å². The Bertz CT molecular complexity index is 1050. The van der Waals surface area contributed by atoms with Crippen molar-refractivity contribution in [3.05, 3.63) is 90.3 Å². The number of benzene rings is 2. The van der Waals surface area contributed by atoms with E-state index in [4.69, 9.17) is 0 Å². The molecule has 1 N–H and O–H groups in total. The molecule has 2 aromatic carbocycles. The molecule has 1 unspecified atom stereocenters. The number of aromatic nitrogens is 1. The quantitative estimate of drug-likeness (QED) is 0.680. The highest BCUT2D eigenvalue weighted by atomic mass is 32.2. The predicted octanol–water partition coefficient (Wildman–Crippen LogP) is 3.28. The number of nitrogens with one attached hydrogen (secondary N) is 1. The Labute approximate surface area is 170 Å². The van der Waals surface area contributed by atoms with Crippen LogP contribution in [-0.4, -0.2) is 25.9 Å². The average Bonchev–Trinajstić information content (AvgIpc) is 3.19. The van der Waals surface area contributed by atoms with E-state index in [1.165, 1.54) is 12.1 Å². The summed E-state index contributed by atoms with van der Waals surface area (Å²) >= 11 is 0. The first-order chi connectivity index (χ1) is 14.0. The molecule has 7 heteroatoms. The number of nitrogens with zero attached hydrogens (tertiary/aromatic N) is 2. The number of rotatable bonds is 6. The Morgan fingerprint density at radius 3 is 2.28 bits per heavy atom. The van der Waals surface area contributed by atoms with E-state index in [1.807, 2.05) is 36.4 Å². The van der Waals surface area contributed by atoms with Gasteiger partial charge in [-0.15, -0.1) is 0 Å². The number of anilines is 1. The fourth-order valence-electron chi connectivity index (χ4n) is 3.44. The van der Waals surface area contributed by atoms with Crippen LogP contribution in [0.3, 0.4) is 0 Å². The van der Waals surface area contributed by atoms with Crippen LogP contribution in [0.2, 0.25) is 0 Å². The molecular formula is C22H21N3O3S. The summed E-state index contributed by atoms with van der Waals surface area (Å²) in [5, 5.41) is 0. The second-order valence-electron chi connectivity index (χ2n) is 6.86. The van der Waals surface area contributed by atoms with Crippen molar-refractivity contribution in [1.29, 1.82) is 0 Å². The summed E-state index contributed by atoms with van der Waals surface area (Å²) in [6.45, 7) is 0.666. The normalized spacial score (nSPS) is 15.4. The molecule has 0 aliphatic carbocycles. The highest BCUT2D eigenvalue weighted by Gasteiger charge is 2.25. The number of pyridine rings is 1. The largest absolute Gasteiger partial charge is 0.312 e. The Balaban J connectivity index is 1.62. The van der Waals surface area contributed by atoms with Crippen molar-refractivity contribution in [3.63, 3.8) is 0 Å². The molecule has 3 aromatic rings. The van der Waals surface area contributed by atoms with Gasteiger partial charge in [-0.1, -0.05) is 36.4 Å². The van der Waals surface area contributed by atoms with Crippen molar-refractivity contribution in [2.75, 3.05) is 11.4 Å². The lowest BCUT2D eigenvalue weighted by Crippen LogP contribution is -2.30. The van der Waals surface area contributed by atoms with Crippen LogP contribution < -0.4 is 9.62 Å². The summed E-state index contributed by atoms with van der Waals surface area (Å²) in [5.74, 6) is 0.0676. The predicted molar refractivity (Wildman–Crippen MR) is 111 cm³/mol. The zero-order chi connectivity index (χ0) is 20.3. The Kier molecular flexibility index (Phi) is 5.42. The van der Waals surface area contributed by atoms with E-state index in [9.17, 15) is 13.2 Å². The summed E-state index contributed by atoms with van der Waals surface area (Å²) in [5.41, 5.74) is 2.13. The SMILES string of the molecule is O=C1CCCN1c1ccc(S(=O)(=O)NC(c2ccccc2)c2ccccn2)cc1. The Morgan fingerprint density at radius 2 is 1.66 bits per heavy atom. The fraction of sp³-hybridized carbons (Fsp3) is 0.182. The topological polar surface area (TPSA) is 79.4 Å². The summed E-state index contributed by atoms with van der Waals surface area (Å²) in [4.78, 5) is 18.1. The molecule has 148 valence electrons. The molecule has 2 heterocycles. The number of amides is 1. The molecule has 0 spiro atoms. The van der Waals surface area contributed by atoms with E-state index in [2.05, 4.69) is 9.71 Å². The van der Waals surface area contributed by atoms with E-state index in [1.54, 1.807) is 35.4 Å². The van der Waals surface area contributed by atoms with E-state index >= 15 is 0 Å². The third-order valence-corrected chi connectivity index (χ3v) is 6.36. The Morgan fingerprint density at radius 1 is 0.931 bits per heavy atom. The molecule has 0 bridgehead atoms. The first-order valence-electron chi connectivity index (χ1n) is 9.43. The third-order valence-electron chi connectivity index (χ3n) is 4.92. The highest BCUT2D eigenvalue weighted by molar-refractivity contribution is 7.89. The fourth-order valence-corrected chi connectivity index (χ4v) is 4.64. The van der Waals surface area contributed by atoms with Gasteiger partial charge in [0.2, 0.25) is 15.9 Å². The highest BCUT2D eigenvalue weighted by Crippen LogP contribution is 2.26. The lowest BCUT2D eigenvalue weighted by atomic mass is 10.0. The number of hydrogen-bond acceptors (Lipinski definition) is 4. The number of carbonyl (C=O) groups excluding carboxylic acids is 1. The van der Waals surface area contributed by atoms with Gasteiger partial charge in [0.25, 0.3) is 0 Å². The van der Waals surface area contributed by atoms with E-state index in [0.717, 1.165) is 17.7 Å². The molecule has 1 aromatic heterocycles. The van der Waals surface area contributed by atoms with Crippen molar-refractivity contribution in [2.24, 2.45) is 0 Å². The number of carbonyl (C=O) groups is 1. The molecule has 1 aliphatic heterocycles. The van der Waals surface area contributed by atoms with Gasteiger partial charge in [0.1, 0.15) is 0 Å². The van der Waals surface area contributed by atoms with Crippen LogP contribution in [-0.2, 0) is 14.8 Å². The second-order valence-corrected chi connectivity index (χ2v) is 8.58. The zero-order valence-electron chi connectivity index (χ0n) is 15.7. The maximum atomic E-state index is 13.1. The van der Waals surface area contributed by atoms with Gasteiger partial charge < -0.3 is 4.90 Å². The lowest BCUT2D eigenvalue weighted by Gasteiger charge is -2.20. The smallest absolute Gasteiger partial charge is 0.241 e. The van der Waals surface area contributed by atoms with Crippen LogP contribution in [0.25, 0.3) is 0 Å². The van der Waals surface area contributed by atoms with Crippen LogP contribution in [0.5, 0.6) is 0 Å². The van der Waals surface area contributed by atoms with Crippen LogP contribution >= 0.6 is 0 Å². The molecule has 1 saturated heterocycles. The van der Waals surface area contributed by atoms with E-state index in [0.29, 0.717) is 18.7 Å². The summed E-state index contributed by atoms with van der Waals surface area (Å²) in [6.07, 6.45) is 3.00. The van der Waals surface area contributed by atoms with Crippen molar-refractivity contribution in [2.45, 2.75) is 23.8 Å². The molecule has 1 fully saturated rings.